The first-order valence-corrected chi connectivity index (χ1v) is 8.63. The molecule has 0 aliphatic heterocycles. The second kappa shape index (κ2) is 10.8. The molecule has 3 atom stereocenters. The number of unbranched alkanes of at least 4 members (excludes halogenated alkanes) is 4. The van der Waals surface area contributed by atoms with Crippen LogP contribution in [0, 0.1) is 0 Å². The number of carboxylic acid groups (broad SMARTS) is 1. The fourth-order valence-electron chi connectivity index (χ4n) is 1.92. The van der Waals surface area contributed by atoms with Gasteiger partial charge in [-0.25, -0.2) is 4.79 Å². The fraction of sp³-hybridized carbons (Fsp3) is 0.857. The summed E-state index contributed by atoms with van der Waals surface area (Å²) in [6.07, 6.45) is 6.59. The zero-order chi connectivity index (χ0) is 15.5. The Hall–Kier alpha value is -0.910. The van der Waals surface area contributed by atoms with Gasteiger partial charge in [0, 0.05) is 23.0 Å². The lowest BCUT2D eigenvalue weighted by atomic mass is 10.1. The standard InChI is InChI=1S/C14H27NO4S/c1-4-5-6-7-8-9-11(2)20(19)10-13(14(17)18)15-12(3)16/h11,13H,4-10H2,1-3H3,(H,15,16)(H,17,18). The highest BCUT2D eigenvalue weighted by molar-refractivity contribution is 7.85. The molecule has 3 unspecified atom stereocenters. The van der Waals surface area contributed by atoms with Crippen molar-refractivity contribution >= 4 is 22.7 Å². The maximum Gasteiger partial charge on any atom is 0.327 e. The summed E-state index contributed by atoms with van der Waals surface area (Å²) in [6.45, 7) is 5.30. The third-order valence-corrected chi connectivity index (χ3v) is 4.96. The van der Waals surface area contributed by atoms with Gasteiger partial charge in [-0.1, -0.05) is 46.0 Å². The van der Waals surface area contributed by atoms with Gasteiger partial charge >= 0.3 is 5.97 Å². The van der Waals surface area contributed by atoms with Crippen molar-refractivity contribution in [1.29, 1.82) is 0 Å². The summed E-state index contributed by atoms with van der Waals surface area (Å²) >= 11 is 0. The van der Waals surface area contributed by atoms with Gasteiger partial charge in [0.1, 0.15) is 6.04 Å². The van der Waals surface area contributed by atoms with Crippen LogP contribution in [-0.2, 0) is 20.4 Å². The molecule has 5 nitrogen and oxygen atoms in total. The Kier molecular flexibility index (Phi) is 10.3. The molecule has 0 bridgehead atoms. The highest BCUT2D eigenvalue weighted by Crippen LogP contribution is 2.11. The minimum atomic E-state index is -1.23. The zero-order valence-electron chi connectivity index (χ0n) is 12.7. The second-order valence-electron chi connectivity index (χ2n) is 5.15. The number of amides is 1. The summed E-state index contributed by atoms with van der Waals surface area (Å²) < 4.78 is 12.1. The summed E-state index contributed by atoms with van der Waals surface area (Å²) in [6, 6.07) is -1.06. The predicted octanol–water partition coefficient (Wildman–Crippen LogP) is 2.07. The molecule has 0 aliphatic carbocycles. The van der Waals surface area contributed by atoms with Crippen LogP contribution >= 0.6 is 0 Å². The van der Waals surface area contributed by atoms with Gasteiger partial charge in [-0.15, -0.1) is 0 Å². The quantitative estimate of drug-likeness (QED) is 0.572. The van der Waals surface area contributed by atoms with E-state index in [1.54, 1.807) is 0 Å². The summed E-state index contributed by atoms with van der Waals surface area (Å²) in [7, 11) is -1.23. The van der Waals surface area contributed by atoms with Gasteiger partial charge in [0.25, 0.3) is 0 Å². The molecule has 0 aromatic carbocycles. The van der Waals surface area contributed by atoms with Crippen LogP contribution in [0.2, 0.25) is 0 Å². The summed E-state index contributed by atoms with van der Waals surface area (Å²) in [5.74, 6) is -1.57. The van der Waals surface area contributed by atoms with Crippen LogP contribution in [0.4, 0.5) is 0 Å². The van der Waals surface area contributed by atoms with E-state index in [1.807, 2.05) is 6.92 Å². The Labute approximate surface area is 124 Å². The Morgan fingerprint density at radius 2 is 1.80 bits per heavy atom. The van der Waals surface area contributed by atoms with Crippen LogP contribution in [0.1, 0.15) is 59.3 Å². The molecule has 118 valence electrons. The van der Waals surface area contributed by atoms with Crippen molar-refractivity contribution in [2.75, 3.05) is 5.75 Å². The summed E-state index contributed by atoms with van der Waals surface area (Å²) in [5, 5.41) is 11.3. The monoisotopic (exact) mass is 305 g/mol. The van der Waals surface area contributed by atoms with Gasteiger partial charge < -0.3 is 10.4 Å². The van der Waals surface area contributed by atoms with Crippen molar-refractivity contribution in [1.82, 2.24) is 5.32 Å². The number of carboxylic acids is 1. The Bertz CT molecular complexity index is 333. The van der Waals surface area contributed by atoms with Crippen LogP contribution in [0.25, 0.3) is 0 Å². The van der Waals surface area contributed by atoms with Crippen LogP contribution in [0.15, 0.2) is 0 Å². The lowest BCUT2D eigenvalue weighted by Crippen LogP contribution is -2.44. The predicted molar refractivity (Wildman–Crippen MR) is 81.1 cm³/mol. The zero-order valence-corrected chi connectivity index (χ0v) is 13.5. The van der Waals surface area contributed by atoms with Crippen molar-refractivity contribution in [2.45, 2.75) is 70.6 Å². The van der Waals surface area contributed by atoms with Gasteiger partial charge in [0.15, 0.2) is 0 Å². The van der Waals surface area contributed by atoms with Crippen LogP contribution in [0.3, 0.4) is 0 Å². The Balaban J connectivity index is 4.08. The fourth-order valence-corrected chi connectivity index (χ4v) is 3.23. The minimum Gasteiger partial charge on any atom is -0.480 e. The molecule has 0 aromatic rings. The second-order valence-corrected chi connectivity index (χ2v) is 7.05. The first kappa shape index (κ1) is 19.1. The maximum atomic E-state index is 12.1. The molecule has 0 saturated heterocycles. The Morgan fingerprint density at radius 1 is 1.20 bits per heavy atom. The van der Waals surface area contributed by atoms with Crippen molar-refractivity contribution in [3.63, 3.8) is 0 Å². The molecule has 0 spiro atoms. The van der Waals surface area contributed by atoms with Gasteiger partial charge in [0.05, 0.1) is 5.75 Å². The summed E-state index contributed by atoms with van der Waals surface area (Å²) in [5.41, 5.74) is 0. The van der Waals surface area contributed by atoms with Gasteiger partial charge in [-0.05, 0) is 6.42 Å². The average Bonchev–Trinajstić information content (AvgIpc) is 2.36. The molecule has 0 radical (unpaired) electrons. The van der Waals surface area contributed by atoms with E-state index < -0.39 is 28.7 Å². The number of rotatable bonds is 11. The minimum absolute atomic E-state index is 0.0228. The summed E-state index contributed by atoms with van der Waals surface area (Å²) in [4.78, 5) is 21.9. The molecular formula is C14H27NO4S. The van der Waals surface area contributed by atoms with E-state index in [9.17, 15) is 13.8 Å². The number of nitrogens with one attached hydrogen (secondary N) is 1. The molecular weight excluding hydrogens is 278 g/mol. The first-order chi connectivity index (χ1) is 9.38. The number of carbonyl (C=O) groups is 2. The molecule has 0 aromatic heterocycles. The van der Waals surface area contributed by atoms with Gasteiger partial charge in [0.2, 0.25) is 5.91 Å². The highest BCUT2D eigenvalue weighted by atomic mass is 32.2. The average molecular weight is 305 g/mol. The SMILES string of the molecule is CCCCCCCC(C)S(=O)CC(NC(C)=O)C(=O)O. The smallest absolute Gasteiger partial charge is 0.327 e. The van der Waals surface area contributed by atoms with Crippen LogP contribution in [-0.4, -0.2) is 38.2 Å². The van der Waals surface area contributed by atoms with Crippen molar-refractivity contribution in [2.24, 2.45) is 0 Å². The number of carbonyl (C=O) groups excluding carboxylic acids is 1. The molecule has 0 fully saturated rings. The molecule has 0 rings (SSSR count). The molecule has 6 heteroatoms. The third-order valence-electron chi connectivity index (χ3n) is 3.17. The third kappa shape index (κ3) is 9.07. The van der Waals surface area contributed by atoms with E-state index in [4.69, 9.17) is 5.11 Å². The largest absolute Gasteiger partial charge is 0.480 e. The van der Waals surface area contributed by atoms with E-state index in [1.165, 1.54) is 26.2 Å². The molecule has 0 saturated carbocycles. The van der Waals surface area contributed by atoms with Crippen LogP contribution in [0.5, 0.6) is 0 Å². The number of aliphatic carboxylic acids is 1. The van der Waals surface area contributed by atoms with Crippen molar-refractivity contribution < 1.29 is 18.9 Å². The highest BCUT2D eigenvalue weighted by Gasteiger charge is 2.23. The van der Waals surface area contributed by atoms with Gasteiger partial charge in [-0.3, -0.25) is 9.00 Å². The first-order valence-electron chi connectivity index (χ1n) is 7.25. The van der Waals surface area contributed by atoms with Crippen LogP contribution < -0.4 is 5.32 Å². The van der Waals surface area contributed by atoms with Crippen molar-refractivity contribution in [3.05, 3.63) is 0 Å². The van der Waals surface area contributed by atoms with E-state index in [0.717, 1.165) is 19.3 Å². The Morgan fingerprint density at radius 3 is 2.30 bits per heavy atom. The maximum absolute atomic E-state index is 12.1. The van der Waals surface area contributed by atoms with Crippen molar-refractivity contribution in [3.8, 4) is 0 Å². The number of hydrogen-bond acceptors (Lipinski definition) is 3. The van der Waals surface area contributed by atoms with E-state index in [-0.39, 0.29) is 11.0 Å². The van der Waals surface area contributed by atoms with E-state index in [2.05, 4.69) is 12.2 Å². The van der Waals surface area contributed by atoms with Gasteiger partial charge in [-0.2, -0.15) is 0 Å². The normalized spacial score (nSPS) is 15.3. The van der Waals surface area contributed by atoms with E-state index in [0.29, 0.717) is 0 Å². The molecule has 2 N–H and O–H groups in total. The van der Waals surface area contributed by atoms with E-state index >= 15 is 0 Å². The lowest BCUT2D eigenvalue weighted by molar-refractivity contribution is -0.140. The molecule has 0 aliphatic rings. The molecule has 0 heterocycles. The molecule has 20 heavy (non-hydrogen) atoms. The molecule has 1 amide bonds. The topological polar surface area (TPSA) is 83.5 Å². The lowest BCUT2D eigenvalue weighted by Gasteiger charge is -2.16. The number of hydrogen-bond donors (Lipinski definition) is 2.